The second kappa shape index (κ2) is 6.79. The van der Waals surface area contributed by atoms with Gasteiger partial charge in [0.2, 0.25) is 0 Å². The van der Waals surface area contributed by atoms with E-state index in [4.69, 9.17) is 10.2 Å². The van der Waals surface area contributed by atoms with E-state index in [2.05, 4.69) is 50.5 Å². The van der Waals surface area contributed by atoms with Gasteiger partial charge in [0.05, 0.1) is 18.0 Å². The van der Waals surface area contributed by atoms with Gasteiger partial charge in [-0.25, -0.2) is 9.97 Å². The van der Waals surface area contributed by atoms with Crippen LogP contribution >= 0.6 is 11.3 Å². The number of rotatable bonds is 3. The quantitative estimate of drug-likeness (QED) is 0.679. The zero-order valence-corrected chi connectivity index (χ0v) is 15.0. The van der Waals surface area contributed by atoms with Gasteiger partial charge < -0.3 is 4.90 Å². The topological polar surface area (TPSA) is 56.1 Å². The molecule has 0 amide bonds. The third-order valence-electron chi connectivity index (χ3n) is 4.58. The number of nitrogens with zero attached hydrogens (tertiary/aromatic N) is 5. The van der Waals surface area contributed by atoms with Gasteiger partial charge in [-0.15, -0.1) is 11.3 Å². The van der Waals surface area contributed by atoms with Gasteiger partial charge in [0.15, 0.2) is 0 Å². The lowest BCUT2D eigenvalue weighted by Gasteiger charge is -2.34. The maximum absolute atomic E-state index is 8.89. The summed E-state index contributed by atoms with van der Waals surface area (Å²) in [6.45, 7) is 6.01. The molecule has 1 aliphatic heterocycles. The van der Waals surface area contributed by atoms with Crippen LogP contribution in [0, 0.1) is 18.3 Å². The van der Waals surface area contributed by atoms with Crippen LogP contribution < -0.4 is 4.90 Å². The summed E-state index contributed by atoms with van der Waals surface area (Å²) in [5, 5.41) is 12.2. The molecule has 0 bridgehead atoms. The molecular formula is C19H19N5S. The number of benzene rings is 1. The van der Waals surface area contributed by atoms with Crippen LogP contribution in [0.15, 0.2) is 35.7 Å². The van der Waals surface area contributed by atoms with Crippen LogP contribution in [-0.4, -0.2) is 47.6 Å². The molecule has 4 rings (SSSR count). The summed E-state index contributed by atoms with van der Waals surface area (Å²) in [5.74, 6) is 1.84. The predicted molar refractivity (Wildman–Crippen MR) is 102 cm³/mol. The normalized spacial score (nSPS) is 15.4. The molecule has 2 aromatic heterocycles. The molecule has 0 atom stereocenters. The molecule has 1 fully saturated rings. The van der Waals surface area contributed by atoms with E-state index >= 15 is 0 Å². The summed E-state index contributed by atoms with van der Waals surface area (Å²) in [7, 11) is 0. The van der Waals surface area contributed by atoms with Crippen LogP contribution in [0.2, 0.25) is 0 Å². The average Bonchev–Trinajstić information content (AvgIpc) is 3.06. The maximum Gasteiger partial charge on any atom is 0.141 e. The van der Waals surface area contributed by atoms with E-state index in [1.54, 1.807) is 11.3 Å². The summed E-state index contributed by atoms with van der Waals surface area (Å²) >= 11 is 1.68. The minimum absolute atomic E-state index is 0.500. The number of fused-ring (bicyclic) bond motifs is 1. The van der Waals surface area contributed by atoms with Crippen molar-refractivity contribution >= 4 is 27.4 Å². The molecule has 0 spiro atoms. The molecule has 6 heteroatoms. The van der Waals surface area contributed by atoms with Gasteiger partial charge in [0, 0.05) is 37.1 Å². The van der Waals surface area contributed by atoms with Gasteiger partial charge in [-0.05, 0) is 12.5 Å². The molecule has 0 radical (unpaired) electrons. The van der Waals surface area contributed by atoms with Crippen LogP contribution in [0.3, 0.4) is 0 Å². The fourth-order valence-electron chi connectivity index (χ4n) is 3.30. The van der Waals surface area contributed by atoms with Crippen molar-refractivity contribution in [2.45, 2.75) is 6.92 Å². The molecule has 0 aliphatic carbocycles. The van der Waals surface area contributed by atoms with Crippen molar-refractivity contribution in [3.63, 3.8) is 0 Å². The monoisotopic (exact) mass is 349 g/mol. The summed E-state index contributed by atoms with van der Waals surface area (Å²) in [6, 6.07) is 12.7. The third kappa shape index (κ3) is 3.09. The first-order chi connectivity index (χ1) is 12.3. The molecule has 3 heterocycles. The highest BCUT2D eigenvalue weighted by Crippen LogP contribution is 2.38. The van der Waals surface area contributed by atoms with Crippen molar-refractivity contribution in [1.29, 1.82) is 5.26 Å². The number of anilines is 1. The zero-order chi connectivity index (χ0) is 17.2. The molecule has 1 saturated heterocycles. The van der Waals surface area contributed by atoms with Crippen molar-refractivity contribution in [1.82, 2.24) is 14.9 Å². The first kappa shape index (κ1) is 16.0. The van der Waals surface area contributed by atoms with Crippen molar-refractivity contribution in [3.05, 3.63) is 41.5 Å². The van der Waals surface area contributed by atoms with Crippen LogP contribution in [0.25, 0.3) is 21.3 Å². The minimum atomic E-state index is 0.500. The summed E-state index contributed by atoms with van der Waals surface area (Å²) < 4.78 is 0. The molecule has 0 unspecified atom stereocenters. The molecule has 0 saturated carbocycles. The van der Waals surface area contributed by atoms with E-state index in [9.17, 15) is 0 Å². The fourth-order valence-corrected chi connectivity index (χ4v) is 4.29. The van der Waals surface area contributed by atoms with E-state index in [1.165, 1.54) is 11.1 Å². The molecule has 5 nitrogen and oxygen atoms in total. The Morgan fingerprint density at radius 2 is 1.88 bits per heavy atom. The van der Waals surface area contributed by atoms with E-state index in [0.717, 1.165) is 48.0 Å². The summed E-state index contributed by atoms with van der Waals surface area (Å²) in [5.41, 5.74) is 2.40. The van der Waals surface area contributed by atoms with E-state index in [-0.39, 0.29) is 0 Å². The number of piperazine rings is 1. The highest BCUT2D eigenvalue weighted by atomic mass is 32.1. The first-order valence-corrected chi connectivity index (χ1v) is 9.30. The molecule has 126 valence electrons. The van der Waals surface area contributed by atoms with E-state index in [0.29, 0.717) is 6.54 Å². The Labute approximate surface area is 151 Å². The van der Waals surface area contributed by atoms with Gasteiger partial charge in [0.1, 0.15) is 16.5 Å². The lowest BCUT2D eigenvalue weighted by molar-refractivity contribution is 0.286. The number of aromatic nitrogens is 2. The van der Waals surface area contributed by atoms with Crippen LogP contribution in [0.5, 0.6) is 0 Å². The summed E-state index contributed by atoms with van der Waals surface area (Å²) in [6.07, 6.45) is 0. The van der Waals surface area contributed by atoms with Gasteiger partial charge in [-0.3, -0.25) is 4.90 Å². The van der Waals surface area contributed by atoms with Crippen molar-refractivity contribution in [3.8, 4) is 17.2 Å². The molecule has 1 aliphatic rings. The Morgan fingerprint density at radius 3 is 2.60 bits per heavy atom. The third-order valence-corrected chi connectivity index (χ3v) is 5.45. The first-order valence-electron chi connectivity index (χ1n) is 8.42. The molecule has 0 N–H and O–H groups in total. The Balaban J connectivity index is 1.76. The van der Waals surface area contributed by atoms with E-state index < -0.39 is 0 Å². The Bertz CT molecular complexity index is 920. The van der Waals surface area contributed by atoms with Crippen LogP contribution in [-0.2, 0) is 0 Å². The van der Waals surface area contributed by atoms with Crippen molar-refractivity contribution in [2.24, 2.45) is 0 Å². The molecule has 1 aromatic carbocycles. The van der Waals surface area contributed by atoms with Gasteiger partial charge in [-0.2, -0.15) is 5.26 Å². The number of aryl methyl sites for hydroxylation is 1. The number of hydrogen-bond acceptors (Lipinski definition) is 6. The van der Waals surface area contributed by atoms with E-state index in [1.807, 2.05) is 13.0 Å². The number of hydrogen-bond donors (Lipinski definition) is 0. The van der Waals surface area contributed by atoms with Gasteiger partial charge in [-0.1, -0.05) is 30.3 Å². The smallest absolute Gasteiger partial charge is 0.141 e. The standard InChI is InChI=1S/C19H19N5S/c1-14-21-18(24-11-9-23(8-7-20)10-12-24)17-16(13-25-19(17)22-14)15-5-3-2-4-6-15/h2-6,13H,8-12H2,1H3. The Kier molecular flexibility index (Phi) is 4.35. The molecular weight excluding hydrogens is 330 g/mol. The maximum atomic E-state index is 8.89. The number of thiophene rings is 1. The highest BCUT2D eigenvalue weighted by Gasteiger charge is 2.22. The van der Waals surface area contributed by atoms with Crippen molar-refractivity contribution in [2.75, 3.05) is 37.6 Å². The zero-order valence-electron chi connectivity index (χ0n) is 14.1. The molecule has 25 heavy (non-hydrogen) atoms. The Morgan fingerprint density at radius 1 is 1.12 bits per heavy atom. The van der Waals surface area contributed by atoms with Crippen LogP contribution in [0.4, 0.5) is 5.82 Å². The lowest BCUT2D eigenvalue weighted by Crippen LogP contribution is -2.46. The second-order valence-electron chi connectivity index (χ2n) is 6.21. The van der Waals surface area contributed by atoms with Gasteiger partial charge in [0.25, 0.3) is 0 Å². The summed E-state index contributed by atoms with van der Waals surface area (Å²) in [4.78, 5) is 15.0. The largest absolute Gasteiger partial charge is 0.353 e. The highest BCUT2D eigenvalue weighted by molar-refractivity contribution is 7.17. The van der Waals surface area contributed by atoms with Crippen molar-refractivity contribution < 1.29 is 0 Å². The minimum Gasteiger partial charge on any atom is -0.353 e. The van der Waals surface area contributed by atoms with Crippen LogP contribution in [0.1, 0.15) is 5.82 Å². The fraction of sp³-hybridized carbons (Fsp3) is 0.316. The lowest BCUT2D eigenvalue weighted by atomic mass is 10.1. The predicted octanol–water partition coefficient (Wildman–Crippen LogP) is 3.31. The van der Waals surface area contributed by atoms with Gasteiger partial charge >= 0.3 is 0 Å². The average molecular weight is 349 g/mol. The number of nitriles is 1. The Hall–Kier alpha value is -2.49. The second-order valence-corrected chi connectivity index (χ2v) is 7.07. The molecule has 3 aromatic rings. The SMILES string of the molecule is Cc1nc(N2CCN(CC#N)CC2)c2c(-c3ccccc3)csc2n1.